The predicted molar refractivity (Wildman–Crippen MR) is 62.0 cm³/mol. The topological polar surface area (TPSA) is 63.6 Å². The smallest absolute Gasteiger partial charge is 0.338 e. The van der Waals surface area contributed by atoms with E-state index in [1.165, 1.54) is 13.2 Å². The van der Waals surface area contributed by atoms with Crippen LogP contribution in [-0.4, -0.2) is 21.8 Å². The van der Waals surface area contributed by atoms with Gasteiger partial charge in [-0.05, 0) is 30.2 Å². The molecule has 0 aromatic heterocycles. The van der Waals surface area contributed by atoms with Crippen LogP contribution in [-0.2, 0) is 21.6 Å². The molecule has 0 heterocycles. The zero-order valence-corrected chi connectivity index (χ0v) is 10.4. The van der Waals surface area contributed by atoms with Crippen molar-refractivity contribution in [3.05, 3.63) is 33.8 Å². The fourth-order valence-corrected chi connectivity index (χ4v) is 2.16. The van der Waals surface area contributed by atoms with Crippen molar-refractivity contribution in [2.24, 2.45) is 0 Å². The van der Waals surface area contributed by atoms with Crippen molar-refractivity contribution in [3.8, 4) is 0 Å². The molecule has 0 saturated carbocycles. The van der Waals surface area contributed by atoms with E-state index in [4.69, 9.17) is 16.2 Å². The first-order valence-electron chi connectivity index (χ1n) is 4.40. The Morgan fingerprint density at radius 1 is 1.56 bits per heavy atom. The van der Waals surface area contributed by atoms with Gasteiger partial charge in [-0.1, -0.05) is 11.6 Å². The highest BCUT2D eigenvalue weighted by molar-refractivity contribution is 7.78. The van der Waals surface area contributed by atoms with Gasteiger partial charge in [0.15, 0.2) is 11.1 Å². The van der Waals surface area contributed by atoms with Crippen LogP contribution in [0.5, 0.6) is 0 Å². The number of hydrogen-bond acceptors (Lipinski definition) is 3. The number of halogens is 1. The molecule has 6 heteroatoms. The minimum Gasteiger partial charge on any atom is -0.465 e. The van der Waals surface area contributed by atoms with Crippen LogP contribution in [0.2, 0.25) is 5.02 Å². The normalized spacial score (nSPS) is 12.2. The predicted octanol–water partition coefficient (Wildman–Crippen LogP) is 2.16. The summed E-state index contributed by atoms with van der Waals surface area (Å²) in [4.78, 5) is 11.4. The Kier molecular flexibility index (Phi) is 4.46. The van der Waals surface area contributed by atoms with Gasteiger partial charge in [0.1, 0.15) is 0 Å². The monoisotopic (exact) mass is 262 g/mol. The maximum Gasteiger partial charge on any atom is 0.338 e. The second kappa shape index (κ2) is 5.43. The van der Waals surface area contributed by atoms with Gasteiger partial charge in [0.2, 0.25) is 0 Å². The molecular formula is C10H11ClO4S. The third-order valence-corrected chi connectivity index (χ3v) is 2.99. The van der Waals surface area contributed by atoms with Crippen LogP contribution in [0, 0.1) is 6.92 Å². The molecule has 0 amide bonds. The molecule has 1 unspecified atom stereocenters. The minimum atomic E-state index is -1.99. The zero-order chi connectivity index (χ0) is 12.3. The van der Waals surface area contributed by atoms with Gasteiger partial charge >= 0.3 is 5.97 Å². The zero-order valence-electron chi connectivity index (χ0n) is 8.82. The third-order valence-electron chi connectivity index (χ3n) is 2.08. The van der Waals surface area contributed by atoms with Crippen LogP contribution < -0.4 is 0 Å². The molecule has 1 atom stereocenters. The minimum absolute atomic E-state index is 0.108. The lowest BCUT2D eigenvalue weighted by Gasteiger charge is -2.08. The van der Waals surface area contributed by atoms with Crippen molar-refractivity contribution in [3.63, 3.8) is 0 Å². The molecule has 16 heavy (non-hydrogen) atoms. The average Bonchev–Trinajstić information content (AvgIpc) is 2.20. The summed E-state index contributed by atoms with van der Waals surface area (Å²) in [6, 6.07) is 3.06. The first kappa shape index (κ1) is 13.2. The summed E-state index contributed by atoms with van der Waals surface area (Å²) < 4.78 is 24.1. The molecule has 1 rings (SSSR count). The van der Waals surface area contributed by atoms with Crippen LogP contribution >= 0.6 is 11.6 Å². The number of carbonyl (C=O) groups excluding carboxylic acids is 1. The molecule has 0 saturated heterocycles. The molecule has 0 fully saturated rings. The van der Waals surface area contributed by atoms with E-state index in [0.717, 1.165) is 0 Å². The Balaban J connectivity index is 3.21. The van der Waals surface area contributed by atoms with Crippen molar-refractivity contribution in [1.29, 1.82) is 0 Å². The summed E-state index contributed by atoms with van der Waals surface area (Å²) in [5, 5.41) is 0.368. The SMILES string of the molecule is COC(=O)c1cc(CS(=O)O)c(Cl)cc1C. The number of carbonyl (C=O) groups is 1. The standard InChI is InChI=1S/C10H11ClO4S/c1-6-3-9(11)7(5-16(13)14)4-8(6)10(12)15-2/h3-4H,5H2,1-2H3,(H,13,14). The molecule has 0 bridgehead atoms. The Hall–Kier alpha value is -0.910. The number of aryl methyl sites for hydroxylation is 1. The van der Waals surface area contributed by atoms with Crippen LogP contribution in [0.15, 0.2) is 12.1 Å². The molecule has 0 radical (unpaired) electrons. The first-order valence-corrected chi connectivity index (χ1v) is 6.06. The van der Waals surface area contributed by atoms with E-state index in [1.807, 2.05) is 0 Å². The summed E-state index contributed by atoms with van der Waals surface area (Å²) in [7, 11) is 1.28. The molecule has 1 N–H and O–H groups in total. The molecule has 0 aliphatic rings. The van der Waals surface area contributed by atoms with Crippen LogP contribution in [0.4, 0.5) is 0 Å². The summed E-state index contributed by atoms with van der Waals surface area (Å²) in [6.45, 7) is 1.72. The van der Waals surface area contributed by atoms with Gasteiger partial charge in [0, 0.05) is 5.02 Å². The fraction of sp³-hybridized carbons (Fsp3) is 0.300. The van der Waals surface area contributed by atoms with E-state index < -0.39 is 17.0 Å². The molecule has 1 aromatic rings. The number of rotatable bonds is 3. The second-order valence-corrected chi connectivity index (χ2v) is 4.55. The van der Waals surface area contributed by atoms with E-state index in [-0.39, 0.29) is 5.75 Å². The Morgan fingerprint density at radius 3 is 2.69 bits per heavy atom. The molecule has 88 valence electrons. The van der Waals surface area contributed by atoms with E-state index in [1.54, 1.807) is 13.0 Å². The van der Waals surface area contributed by atoms with Crippen LogP contribution in [0.3, 0.4) is 0 Å². The molecular weight excluding hydrogens is 252 g/mol. The highest BCUT2D eigenvalue weighted by atomic mass is 35.5. The highest BCUT2D eigenvalue weighted by Crippen LogP contribution is 2.23. The van der Waals surface area contributed by atoms with Gasteiger partial charge in [0.05, 0.1) is 18.4 Å². The lowest BCUT2D eigenvalue weighted by Crippen LogP contribution is -2.06. The van der Waals surface area contributed by atoms with E-state index in [2.05, 4.69) is 4.74 Å². The van der Waals surface area contributed by atoms with Crippen molar-refractivity contribution in [1.82, 2.24) is 0 Å². The number of esters is 1. The average molecular weight is 263 g/mol. The Bertz CT molecular complexity index is 445. The maximum atomic E-state index is 11.4. The largest absolute Gasteiger partial charge is 0.465 e. The quantitative estimate of drug-likeness (QED) is 0.670. The second-order valence-electron chi connectivity index (χ2n) is 3.22. The summed E-state index contributed by atoms with van der Waals surface area (Å²) in [5.74, 6) is -0.595. The van der Waals surface area contributed by atoms with Gasteiger partial charge in [-0.15, -0.1) is 0 Å². The number of methoxy groups -OCH3 is 1. The van der Waals surface area contributed by atoms with Gasteiger partial charge in [0.25, 0.3) is 0 Å². The number of hydrogen-bond donors (Lipinski definition) is 1. The van der Waals surface area contributed by atoms with Crippen molar-refractivity contribution in [2.45, 2.75) is 12.7 Å². The maximum absolute atomic E-state index is 11.4. The van der Waals surface area contributed by atoms with Crippen LogP contribution in [0.1, 0.15) is 21.5 Å². The Labute approximate surface area is 101 Å². The third kappa shape index (κ3) is 3.04. The van der Waals surface area contributed by atoms with Crippen molar-refractivity contribution < 1.29 is 18.3 Å². The summed E-state index contributed by atoms with van der Waals surface area (Å²) in [6.07, 6.45) is 0. The molecule has 0 aliphatic heterocycles. The fourth-order valence-electron chi connectivity index (χ4n) is 1.29. The van der Waals surface area contributed by atoms with E-state index in [9.17, 15) is 9.00 Å². The lowest BCUT2D eigenvalue weighted by atomic mass is 10.1. The van der Waals surface area contributed by atoms with Gasteiger partial charge in [-0.2, -0.15) is 0 Å². The van der Waals surface area contributed by atoms with Gasteiger partial charge in [-0.25, -0.2) is 9.00 Å². The van der Waals surface area contributed by atoms with Crippen LogP contribution in [0.25, 0.3) is 0 Å². The highest BCUT2D eigenvalue weighted by Gasteiger charge is 2.13. The first-order chi connectivity index (χ1) is 7.45. The van der Waals surface area contributed by atoms with E-state index >= 15 is 0 Å². The van der Waals surface area contributed by atoms with E-state index in [0.29, 0.717) is 21.7 Å². The summed E-state index contributed by atoms with van der Waals surface area (Å²) in [5.41, 5.74) is 1.48. The molecule has 4 nitrogen and oxygen atoms in total. The van der Waals surface area contributed by atoms with Crippen molar-refractivity contribution >= 4 is 28.7 Å². The summed E-state index contributed by atoms with van der Waals surface area (Å²) >= 11 is 3.90. The Morgan fingerprint density at radius 2 is 2.19 bits per heavy atom. The number of ether oxygens (including phenoxy) is 1. The molecule has 0 spiro atoms. The lowest BCUT2D eigenvalue weighted by molar-refractivity contribution is 0.0600. The molecule has 1 aromatic carbocycles. The van der Waals surface area contributed by atoms with Gasteiger partial charge in [-0.3, -0.25) is 0 Å². The van der Waals surface area contributed by atoms with Crippen molar-refractivity contribution in [2.75, 3.05) is 7.11 Å². The molecule has 0 aliphatic carbocycles. The van der Waals surface area contributed by atoms with Gasteiger partial charge < -0.3 is 9.29 Å². The number of benzene rings is 1.